The van der Waals surface area contributed by atoms with Gasteiger partial charge in [0.15, 0.2) is 0 Å². The number of hydrogen-bond acceptors (Lipinski definition) is 5. The molecule has 3 aliphatic rings. The minimum Gasteiger partial charge on any atom is -0.481 e. The summed E-state index contributed by atoms with van der Waals surface area (Å²) in [6.45, 7) is 0. The summed E-state index contributed by atoms with van der Waals surface area (Å²) in [6.07, 6.45) is 9.60. The molecule has 158 valence electrons. The Labute approximate surface area is 167 Å². The average Bonchev–Trinajstić information content (AvgIpc) is 3.17. The Morgan fingerprint density at radius 3 is 2.39 bits per heavy atom. The van der Waals surface area contributed by atoms with Crippen LogP contribution in [0.25, 0.3) is 0 Å². The van der Waals surface area contributed by atoms with Gasteiger partial charge < -0.3 is 14.6 Å². The van der Waals surface area contributed by atoms with Crippen molar-refractivity contribution >= 4 is 17.6 Å². The van der Waals surface area contributed by atoms with E-state index in [2.05, 4.69) is 0 Å². The fraction of sp³-hybridized carbons (Fsp3) is 0.857. The van der Waals surface area contributed by atoms with Crippen LogP contribution in [0.3, 0.4) is 0 Å². The maximum Gasteiger partial charge on any atom is 0.303 e. The Balaban J connectivity index is 1.72. The molecule has 0 radical (unpaired) electrons. The molecule has 4 atom stereocenters. The topological polar surface area (TPSA) is 88.4 Å². The molecular formula is C21H34N2O5. The Kier molecular flexibility index (Phi) is 7.46. The number of methoxy groups -OCH3 is 2. The minimum absolute atomic E-state index is 0.0203. The van der Waals surface area contributed by atoms with Crippen LogP contribution in [0.1, 0.15) is 70.6 Å². The lowest BCUT2D eigenvalue weighted by molar-refractivity contribution is -0.142. The summed E-state index contributed by atoms with van der Waals surface area (Å²) in [5.74, 6) is -0.314. The summed E-state index contributed by atoms with van der Waals surface area (Å²) in [7, 11) is 3.45. The predicted octanol–water partition coefficient (Wildman–Crippen LogP) is 3.22. The van der Waals surface area contributed by atoms with Crippen molar-refractivity contribution in [3.05, 3.63) is 0 Å². The fourth-order valence-corrected chi connectivity index (χ4v) is 5.18. The van der Waals surface area contributed by atoms with Crippen LogP contribution in [-0.2, 0) is 19.1 Å². The van der Waals surface area contributed by atoms with Crippen LogP contribution >= 0.6 is 0 Å². The standard InChI is InChI=1S/C21H34N2O5/c1-27-18-9-8-15(12-19(18)28-2)16-13-17(14-6-4-3-5-7-14)23(22-16)20(24)10-11-21(25)26/h14-15,17-19H,3-13H2,1-2H3,(H,25,26). The molecule has 3 rings (SSSR count). The maximum absolute atomic E-state index is 12.8. The third-order valence-corrected chi connectivity index (χ3v) is 6.78. The van der Waals surface area contributed by atoms with Crippen LogP contribution in [0.15, 0.2) is 5.10 Å². The van der Waals surface area contributed by atoms with Crippen LogP contribution in [-0.4, -0.2) is 60.2 Å². The van der Waals surface area contributed by atoms with E-state index in [1.165, 1.54) is 19.3 Å². The van der Waals surface area contributed by atoms with E-state index in [4.69, 9.17) is 19.7 Å². The van der Waals surface area contributed by atoms with Crippen molar-refractivity contribution in [3.8, 4) is 0 Å². The number of ether oxygens (including phenoxy) is 2. The molecule has 2 aliphatic carbocycles. The van der Waals surface area contributed by atoms with Gasteiger partial charge in [-0.3, -0.25) is 9.59 Å². The number of aliphatic carboxylic acids is 1. The highest BCUT2D eigenvalue weighted by molar-refractivity contribution is 5.92. The first-order valence-electron chi connectivity index (χ1n) is 10.7. The van der Waals surface area contributed by atoms with Crippen LogP contribution < -0.4 is 0 Å². The van der Waals surface area contributed by atoms with E-state index in [0.717, 1.165) is 44.2 Å². The molecule has 0 aromatic rings. The molecule has 1 heterocycles. The van der Waals surface area contributed by atoms with Crippen LogP contribution in [0.4, 0.5) is 0 Å². The van der Waals surface area contributed by atoms with Crippen LogP contribution in [0.2, 0.25) is 0 Å². The molecule has 2 saturated carbocycles. The monoisotopic (exact) mass is 394 g/mol. The van der Waals surface area contributed by atoms with E-state index in [1.54, 1.807) is 19.2 Å². The molecule has 2 fully saturated rings. The highest BCUT2D eigenvalue weighted by Crippen LogP contribution is 2.38. The van der Waals surface area contributed by atoms with E-state index in [0.29, 0.717) is 11.8 Å². The van der Waals surface area contributed by atoms with Gasteiger partial charge in [-0.25, -0.2) is 5.01 Å². The summed E-state index contributed by atoms with van der Waals surface area (Å²) in [5, 5.41) is 15.4. The second-order valence-electron chi connectivity index (χ2n) is 8.45. The van der Waals surface area contributed by atoms with Gasteiger partial charge in [0.05, 0.1) is 24.7 Å². The smallest absolute Gasteiger partial charge is 0.303 e. The molecule has 1 amide bonds. The van der Waals surface area contributed by atoms with E-state index < -0.39 is 5.97 Å². The first-order chi connectivity index (χ1) is 13.5. The molecule has 7 nitrogen and oxygen atoms in total. The molecule has 4 unspecified atom stereocenters. The lowest BCUT2D eigenvalue weighted by Crippen LogP contribution is -2.40. The highest BCUT2D eigenvalue weighted by Gasteiger charge is 2.41. The van der Waals surface area contributed by atoms with E-state index >= 15 is 0 Å². The molecule has 28 heavy (non-hydrogen) atoms. The van der Waals surface area contributed by atoms with Gasteiger partial charge in [-0.05, 0) is 38.0 Å². The van der Waals surface area contributed by atoms with Crippen molar-refractivity contribution < 1.29 is 24.2 Å². The molecule has 1 aliphatic heterocycles. The second-order valence-corrected chi connectivity index (χ2v) is 8.45. The van der Waals surface area contributed by atoms with E-state index in [9.17, 15) is 9.59 Å². The SMILES string of the molecule is COC1CCC(C2=NN(C(=O)CCC(=O)O)C(C3CCCCC3)C2)CC1OC. The number of hydrogen-bond donors (Lipinski definition) is 1. The molecule has 0 spiro atoms. The maximum atomic E-state index is 12.8. The lowest BCUT2D eigenvalue weighted by atomic mass is 9.77. The zero-order valence-electron chi connectivity index (χ0n) is 17.1. The van der Waals surface area contributed by atoms with Gasteiger partial charge in [-0.1, -0.05) is 19.3 Å². The van der Waals surface area contributed by atoms with E-state index in [1.807, 2.05) is 0 Å². The van der Waals surface area contributed by atoms with Crippen molar-refractivity contribution in [2.45, 2.75) is 88.9 Å². The van der Waals surface area contributed by atoms with Gasteiger partial charge in [0.2, 0.25) is 5.91 Å². The highest BCUT2D eigenvalue weighted by atomic mass is 16.5. The number of carbonyl (C=O) groups is 2. The number of nitrogens with zero attached hydrogens (tertiary/aromatic N) is 2. The molecular weight excluding hydrogens is 360 g/mol. The van der Waals surface area contributed by atoms with Gasteiger partial charge in [0.1, 0.15) is 0 Å². The Hall–Kier alpha value is -1.47. The molecule has 0 aromatic carbocycles. The Bertz CT molecular complexity index is 587. The average molecular weight is 395 g/mol. The third-order valence-electron chi connectivity index (χ3n) is 6.78. The molecule has 0 saturated heterocycles. The van der Waals surface area contributed by atoms with Gasteiger partial charge in [0.25, 0.3) is 0 Å². The quantitative estimate of drug-likeness (QED) is 0.716. The van der Waals surface area contributed by atoms with Crippen molar-refractivity contribution in [2.24, 2.45) is 16.9 Å². The first-order valence-corrected chi connectivity index (χ1v) is 10.7. The fourth-order valence-electron chi connectivity index (χ4n) is 5.18. The number of carboxylic acids is 1. The van der Waals surface area contributed by atoms with E-state index in [-0.39, 0.29) is 37.0 Å². The summed E-state index contributed by atoms with van der Waals surface area (Å²) < 4.78 is 11.2. The van der Waals surface area contributed by atoms with Gasteiger partial charge >= 0.3 is 5.97 Å². The molecule has 0 bridgehead atoms. The number of hydrazone groups is 1. The summed E-state index contributed by atoms with van der Waals surface area (Å²) in [5.41, 5.74) is 1.09. The van der Waals surface area contributed by atoms with Gasteiger partial charge in [-0.15, -0.1) is 0 Å². The minimum atomic E-state index is -0.938. The second kappa shape index (κ2) is 9.83. The van der Waals surface area contributed by atoms with Crippen LogP contribution in [0, 0.1) is 11.8 Å². The van der Waals surface area contributed by atoms with Crippen molar-refractivity contribution in [1.82, 2.24) is 5.01 Å². The molecule has 1 N–H and O–H groups in total. The number of amides is 1. The number of carbonyl (C=O) groups excluding carboxylic acids is 1. The lowest BCUT2D eigenvalue weighted by Gasteiger charge is -2.34. The number of rotatable bonds is 7. The Morgan fingerprint density at radius 1 is 1.04 bits per heavy atom. The zero-order valence-corrected chi connectivity index (χ0v) is 17.1. The third kappa shape index (κ3) is 4.92. The van der Waals surface area contributed by atoms with Gasteiger partial charge in [-0.2, -0.15) is 5.10 Å². The summed E-state index contributed by atoms with van der Waals surface area (Å²) in [6, 6.07) is 0.0951. The predicted molar refractivity (Wildman–Crippen MR) is 105 cm³/mol. The summed E-state index contributed by atoms with van der Waals surface area (Å²) >= 11 is 0. The van der Waals surface area contributed by atoms with Crippen LogP contribution in [0.5, 0.6) is 0 Å². The van der Waals surface area contributed by atoms with Crippen molar-refractivity contribution in [3.63, 3.8) is 0 Å². The molecule has 0 aromatic heterocycles. The van der Waals surface area contributed by atoms with Crippen molar-refractivity contribution in [1.29, 1.82) is 0 Å². The van der Waals surface area contributed by atoms with Gasteiger partial charge in [0, 0.05) is 38.7 Å². The zero-order chi connectivity index (χ0) is 20.1. The first kappa shape index (κ1) is 21.2. The largest absolute Gasteiger partial charge is 0.481 e. The summed E-state index contributed by atoms with van der Waals surface area (Å²) in [4.78, 5) is 23.7. The normalized spacial score (nSPS) is 31.6. The Morgan fingerprint density at radius 2 is 1.75 bits per heavy atom. The van der Waals surface area contributed by atoms with Crippen molar-refractivity contribution in [2.75, 3.05) is 14.2 Å². The number of carboxylic acid groups (broad SMARTS) is 1. The molecule has 7 heteroatoms.